The maximum absolute atomic E-state index is 12.6. The quantitative estimate of drug-likeness (QED) is 0.451. The fourth-order valence-electron chi connectivity index (χ4n) is 2.53. The zero-order valence-electron chi connectivity index (χ0n) is 16.4. The van der Waals surface area contributed by atoms with E-state index in [2.05, 4.69) is 27.1 Å². The summed E-state index contributed by atoms with van der Waals surface area (Å²) in [6, 6.07) is 8.14. The van der Waals surface area contributed by atoms with Gasteiger partial charge in [-0.15, -0.1) is 28.1 Å². The molecule has 2 heterocycles. The minimum atomic E-state index is -0.344. The lowest BCUT2D eigenvalue weighted by atomic mass is 10.1. The molecule has 3 aromatic rings. The smallest absolute Gasteiger partial charge is 0.239 e. The molecular formula is C20H23N5OS2. The number of amides is 1. The van der Waals surface area contributed by atoms with E-state index >= 15 is 0 Å². The second kappa shape index (κ2) is 8.70. The first-order valence-electron chi connectivity index (χ1n) is 8.91. The van der Waals surface area contributed by atoms with Gasteiger partial charge in [-0.1, -0.05) is 47.7 Å². The Labute approximate surface area is 173 Å². The van der Waals surface area contributed by atoms with Crippen LogP contribution in [0.4, 0.5) is 5.13 Å². The number of benzene rings is 1. The third kappa shape index (κ3) is 4.51. The van der Waals surface area contributed by atoms with Gasteiger partial charge in [0, 0.05) is 17.0 Å². The zero-order valence-corrected chi connectivity index (χ0v) is 18.0. The minimum absolute atomic E-state index is 0.108. The van der Waals surface area contributed by atoms with Gasteiger partial charge in [0.15, 0.2) is 16.1 Å². The molecule has 0 fully saturated rings. The molecule has 3 rings (SSSR count). The highest BCUT2D eigenvalue weighted by molar-refractivity contribution is 8.00. The van der Waals surface area contributed by atoms with Gasteiger partial charge in [-0.3, -0.25) is 9.36 Å². The average Bonchev–Trinajstić information content (AvgIpc) is 3.19. The van der Waals surface area contributed by atoms with E-state index in [1.165, 1.54) is 28.7 Å². The molecule has 1 N–H and O–H groups in total. The number of aromatic nitrogens is 4. The van der Waals surface area contributed by atoms with Crippen LogP contribution in [0.3, 0.4) is 0 Å². The van der Waals surface area contributed by atoms with Crippen LogP contribution in [0.15, 0.2) is 42.1 Å². The van der Waals surface area contributed by atoms with Crippen LogP contribution in [-0.4, -0.2) is 30.9 Å². The van der Waals surface area contributed by atoms with Gasteiger partial charge in [0.1, 0.15) is 0 Å². The number of anilines is 1. The van der Waals surface area contributed by atoms with Gasteiger partial charge < -0.3 is 5.32 Å². The van der Waals surface area contributed by atoms with Crippen molar-refractivity contribution < 1.29 is 4.79 Å². The summed E-state index contributed by atoms with van der Waals surface area (Å²) in [5.74, 6) is 0.657. The number of hydrogen-bond donors (Lipinski definition) is 1. The Bertz CT molecular complexity index is 971. The Hall–Kier alpha value is -2.45. The van der Waals surface area contributed by atoms with E-state index in [1.807, 2.05) is 56.5 Å². The van der Waals surface area contributed by atoms with E-state index in [1.54, 1.807) is 6.08 Å². The van der Waals surface area contributed by atoms with Crippen molar-refractivity contribution in [3.8, 4) is 11.4 Å². The Morgan fingerprint density at radius 2 is 2.00 bits per heavy atom. The van der Waals surface area contributed by atoms with Gasteiger partial charge in [0.2, 0.25) is 5.91 Å². The molecule has 0 saturated carbocycles. The number of carbonyl (C=O) groups excluding carboxylic acids is 1. The van der Waals surface area contributed by atoms with Gasteiger partial charge in [0.05, 0.1) is 10.9 Å². The van der Waals surface area contributed by atoms with Crippen molar-refractivity contribution in [2.75, 3.05) is 5.32 Å². The van der Waals surface area contributed by atoms with Crippen LogP contribution in [0.5, 0.6) is 0 Å². The number of rotatable bonds is 7. The van der Waals surface area contributed by atoms with Gasteiger partial charge in [-0.05, 0) is 27.7 Å². The summed E-state index contributed by atoms with van der Waals surface area (Å²) in [6.45, 7) is 12.2. The lowest BCUT2D eigenvalue weighted by Crippen LogP contribution is -2.22. The van der Waals surface area contributed by atoms with Crippen LogP contribution in [0.2, 0.25) is 0 Å². The maximum atomic E-state index is 12.6. The first-order valence-corrected chi connectivity index (χ1v) is 10.6. The van der Waals surface area contributed by atoms with Crippen molar-refractivity contribution in [2.45, 2.75) is 44.6 Å². The topological polar surface area (TPSA) is 72.7 Å². The summed E-state index contributed by atoms with van der Waals surface area (Å²) in [4.78, 5) is 18.0. The van der Waals surface area contributed by atoms with Gasteiger partial charge >= 0.3 is 0 Å². The molecule has 0 aliphatic carbocycles. The largest absolute Gasteiger partial charge is 0.301 e. The maximum Gasteiger partial charge on any atom is 0.239 e. The van der Waals surface area contributed by atoms with Crippen LogP contribution < -0.4 is 5.32 Å². The SMILES string of the molecule is C=CCn1c(SC(C)C(=O)Nc2nc(C)c(C)s2)nnc1-c1ccc(C)cc1. The van der Waals surface area contributed by atoms with Gasteiger partial charge in [-0.25, -0.2) is 4.98 Å². The molecule has 1 amide bonds. The summed E-state index contributed by atoms with van der Waals surface area (Å²) in [6.07, 6.45) is 1.80. The van der Waals surface area contributed by atoms with Gasteiger partial charge in [-0.2, -0.15) is 0 Å². The highest BCUT2D eigenvalue weighted by Gasteiger charge is 2.21. The van der Waals surface area contributed by atoms with E-state index in [-0.39, 0.29) is 11.2 Å². The van der Waals surface area contributed by atoms with Crippen molar-refractivity contribution >= 4 is 34.1 Å². The normalized spacial score (nSPS) is 12.0. The molecule has 0 saturated heterocycles. The lowest BCUT2D eigenvalue weighted by Gasteiger charge is -2.12. The second-order valence-corrected chi connectivity index (χ2v) is 8.99. The fraction of sp³-hybridized carbons (Fsp3) is 0.300. The predicted molar refractivity (Wildman–Crippen MR) is 116 cm³/mol. The number of hydrogen-bond acceptors (Lipinski definition) is 6. The molecule has 6 nitrogen and oxygen atoms in total. The number of nitrogens with zero attached hydrogens (tertiary/aromatic N) is 4. The summed E-state index contributed by atoms with van der Waals surface area (Å²) in [5.41, 5.74) is 3.11. The third-order valence-electron chi connectivity index (χ3n) is 4.25. The van der Waals surface area contributed by atoms with Crippen molar-refractivity contribution in [3.63, 3.8) is 0 Å². The molecule has 0 bridgehead atoms. The lowest BCUT2D eigenvalue weighted by molar-refractivity contribution is -0.115. The summed E-state index contributed by atoms with van der Waals surface area (Å²) in [5, 5.41) is 12.5. The molecule has 1 unspecified atom stereocenters. The number of carbonyl (C=O) groups is 1. The van der Waals surface area contributed by atoms with Crippen molar-refractivity contribution in [2.24, 2.45) is 0 Å². The molecule has 1 atom stereocenters. The summed E-state index contributed by atoms with van der Waals surface area (Å²) in [7, 11) is 0. The monoisotopic (exact) mass is 413 g/mol. The molecule has 2 aromatic heterocycles. The number of aryl methyl sites for hydroxylation is 3. The van der Waals surface area contributed by atoms with Crippen LogP contribution >= 0.6 is 23.1 Å². The van der Waals surface area contributed by atoms with Crippen LogP contribution in [-0.2, 0) is 11.3 Å². The standard InChI is InChI=1S/C20H23N5OS2/c1-6-11-25-17(16-9-7-12(2)8-10-16)23-24-20(25)28-15(5)18(26)22-19-21-13(3)14(4)27-19/h6-10,15H,1,11H2,2-5H3,(H,21,22,26). The Kier molecular flexibility index (Phi) is 6.31. The molecule has 0 aliphatic heterocycles. The average molecular weight is 414 g/mol. The van der Waals surface area contributed by atoms with Crippen LogP contribution in [0, 0.1) is 20.8 Å². The fourth-order valence-corrected chi connectivity index (χ4v) is 4.21. The minimum Gasteiger partial charge on any atom is -0.301 e. The molecule has 0 radical (unpaired) electrons. The molecule has 1 aromatic carbocycles. The second-order valence-electron chi connectivity index (χ2n) is 6.48. The van der Waals surface area contributed by atoms with Gasteiger partial charge in [0.25, 0.3) is 0 Å². The molecule has 8 heteroatoms. The number of allylic oxidation sites excluding steroid dienone is 1. The van der Waals surface area contributed by atoms with E-state index in [9.17, 15) is 4.79 Å². The van der Waals surface area contributed by atoms with Crippen LogP contribution in [0.1, 0.15) is 23.1 Å². The Morgan fingerprint density at radius 1 is 1.29 bits per heavy atom. The van der Waals surface area contributed by atoms with Crippen molar-refractivity contribution in [3.05, 3.63) is 53.1 Å². The van der Waals surface area contributed by atoms with E-state index in [4.69, 9.17) is 0 Å². The van der Waals surface area contributed by atoms with Crippen molar-refractivity contribution in [1.29, 1.82) is 0 Å². The first kappa shape index (κ1) is 20.3. The number of nitrogens with one attached hydrogen (secondary N) is 1. The van der Waals surface area contributed by atoms with Crippen LogP contribution in [0.25, 0.3) is 11.4 Å². The third-order valence-corrected chi connectivity index (χ3v) is 6.32. The molecule has 28 heavy (non-hydrogen) atoms. The summed E-state index contributed by atoms with van der Waals surface area (Å²) >= 11 is 2.85. The number of thioether (sulfide) groups is 1. The van der Waals surface area contributed by atoms with E-state index in [0.29, 0.717) is 16.8 Å². The zero-order chi connectivity index (χ0) is 20.3. The molecule has 0 spiro atoms. The van der Waals surface area contributed by atoms with E-state index in [0.717, 1.165) is 22.0 Å². The predicted octanol–water partition coefficient (Wildman–Crippen LogP) is 4.63. The Morgan fingerprint density at radius 3 is 2.61 bits per heavy atom. The Balaban J connectivity index is 1.78. The molecule has 0 aliphatic rings. The summed E-state index contributed by atoms with van der Waals surface area (Å²) < 4.78 is 1.98. The first-order chi connectivity index (χ1) is 13.4. The highest BCUT2D eigenvalue weighted by Crippen LogP contribution is 2.28. The highest BCUT2D eigenvalue weighted by atomic mass is 32.2. The molecular weight excluding hydrogens is 390 g/mol. The van der Waals surface area contributed by atoms with E-state index < -0.39 is 0 Å². The van der Waals surface area contributed by atoms with Crippen molar-refractivity contribution in [1.82, 2.24) is 19.7 Å². The number of thiazole rings is 1. The molecule has 146 valence electrons.